The van der Waals surface area contributed by atoms with Crippen LogP contribution in [0.5, 0.6) is 0 Å². The number of carbonyl (C=O) groups excluding carboxylic acids is 1. The monoisotopic (exact) mass is 284 g/mol. The second-order valence-corrected chi connectivity index (χ2v) is 6.37. The average Bonchev–Trinajstić information content (AvgIpc) is 2.84. The van der Waals surface area contributed by atoms with Crippen LogP contribution in [0.2, 0.25) is 0 Å². The average molecular weight is 284 g/mol. The van der Waals surface area contributed by atoms with E-state index >= 15 is 0 Å². The van der Waals surface area contributed by atoms with Crippen molar-refractivity contribution in [3.63, 3.8) is 0 Å². The summed E-state index contributed by atoms with van der Waals surface area (Å²) in [6, 6.07) is 8.15. The van der Waals surface area contributed by atoms with Crippen molar-refractivity contribution >= 4 is 16.8 Å². The molecule has 2 atom stereocenters. The molecular weight excluding hydrogens is 260 g/mol. The predicted molar refractivity (Wildman–Crippen MR) is 85.2 cm³/mol. The standard InChI is InChI=1S/C18H24N2O/c1-3-20-16-10-5-4-9-15(16)19-18(20)12-17(21)14-8-6-7-13(2)11-14/h4-5,9-10,13-14H,3,6-8,11-12H2,1-2H3. The number of carbonyl (C=O) groups is 1. The molecule has 0 bridgehead atoms. The number of imidazole rings is 1. The fourth-order valence-corrected chi connectivity index (χ4v) is 3.64. The van der Waals surface area contributed by atoms with E-state index < -0.39 is 0 Å². The maximum atomic E-state index is 12.6. The fraction of sp³-hybridized carbons (Fsp3) is 0.556. The second kappa shape index (κ2) is 6.00. The highest BCUT2D eigenvalue weighted by atomic mass is 16.1. The van der Waals surface area contributed by atoms with Crippen molar-refractivity contribution in [2.75, 3.05) is 0 Å². The molecule has 1 aliphatic rings. The first kappa shape index (κ1) is 14.3. The van der Waals surface area contributed by atoms with Crippen LogP contribution >= 0.6 is 0 Å². The van der Waals surface area contributed by atoms with Crippen molar-refractivity contribution in [1.82, 2.24) is 9.55 Å². The summed E-state index contributed by atoms with van der Waals surface area (Å²) in [7, 11) is 0. The van der Waals surface area contributed by atoms with Crippen LogP contribution in [-0.2, 0) is 17.8 Å². The molecule has 1 aromatic heterocycles. The van der Waals surface area contributed by atoms with Gasteiger partial charge in [-0.25, -0.2) is 4.98 Å². The molecule has 3 heteroatoms. The molecule has 0 amide bonds. The topological polar surface area (TPSA) is 34.9 Å². The first-order valence-corrected chi connectivity index (χ1v) is 8.16. The quantitative estimate of drug-likeness (QED) is 0.850. The van der Waals surface area contributed by atoms with Crippen LogP contribution in [-0.4, -0.2) is 15.3 Å². The van der Waals surface area contributed by atoms with Crippen LogP contribution < -0.4 is 0 Å². The Bertz CT molecular complexity index is 644. The third-order valence-corrected chi connectivity index (χ3v) is 4.77. The van der Waals surface area contributed by atoms with Gasteiger partial charge in [-0.3, -0.25) is 4.79 Å². The molecule has 2 aromatic rings. The number of Topliss-reactive ketones (excluding diaryl/α,β-unsaturated/α-hetero) is 1. The van der Waals surface area contributed by atoms with Crippen molar-refractivity contribution in [2.24, 2.45) is 11.8 Å². The molecule has 1 heterocycles. The smallest absolute Gasteiger partial charge is 0.143 e. The highest BCUT2D eigenvalue weighted by Gasteiger charge is 2.26. The highest BCUT2D eigenvalue weighted by Crippen LogP contribution is 2.30. The Kier molecular flexibility index (Phi) is 4.09. The molecule has 0 radical (unpaired) electrons. The van der Waals surface area contributed by atoms with Crippen LogP contribution in [0.3, 0.4) is 0 Å². The van der Waals surface area contributed by atoms with E-state index in [0.717, 1.165) is 36.2 Å². The number of aromatic nitrogens is 2. The van der Waals surface area contributed by atoms with Crippen molar-refractivity contribution in [3.05, 3.63) is 30.1 Å². The summed E-state index contributed by atoms with van der Waals surface area (Å²) in [6.45, 7) is 5.25. The van der Waals surface area contributed by atoms with Crippen molar-refractivity contribution < 1.29 is 4.79 Å². The zero-order chi connectivity index (χ0) is 14.8. The number of aryl methyl sites for hydroxylation is 1. The van der Waals surface area contributed by atoms with Gasteiger partial charge in [0.2, 0.25) is 0 Å². The van der Waals surface area contributed by atoms with Crippen molar-refractivity contribution in [2.45, 2.75) is 52.5 Å². The van der Waals surface area contributed by atoms with E-state index in [1.54, 1.807) is 0 Å². The summed E-state index contributed by atoms with van der Waals surface area (Å²) < 4.78 is 2.18. The molecule has 3 nitrogen and oxygen atoms in total. The summed E-state index contributed by atoms with van der Waals surface area (Å²) in [6.07, 6.45) is 5.08. The van der Waals surface area contributed by atoms with Crippen LogP contribution in [0.4, 0.5) is 0 Å². The van der Waals surface area contributed by atoms with Gasteiger partial charge in [0.15, 0.2) is 0 Å². The summed E-state index contributed by atoms with van der Waals surface area (Å²) >= 11 is 0. The zero-order valence-corrected chi connectivity index (χ0v) is 13.0. The van der Waals surface area contributed by atoms with Crippen molar-refractivity contribution in [1.29, 1.82) is 0 Å². The van der Waals surface area contributed by atoms with E-state index in [4.69, 9.17) is 0 Å². The Hall–Kier alpha value is -1.64. The molecule has 0 spiro atoms. The molecule has 1 fully saturated rings. The molecular formula is C18H24N2O. The van der Waals surface area contributed by atoms with E-state index in [9.17, 15) is 4.79 Å². The van der Waals surface area contributed by atoms with Gasteiger partial charge >= 0.3 is 0 Å². The Labute approximate surface area is 126 Å². The number of hydrogen-bond acceptors (Lipinski definition) is 2. The van der Waals surface area contributed by atoms with Gasteiger partial charge < -0.3 is 4.57 Å². The molecule has 112 valence electrons. The van der Waals surface area contributed by atoms with E-state index in [-0.39, 0.29) is 5.92 Å². The van der Waals surface area contributed by atoms with Gasteiger partial charge in [0.1, 0.15) is 11.6 Å². The minimum absolute atomic E-state index is 0.249. The molecule has 0 aliphatic heterocycles. The Balaban J connectivity index is 1.82. The van der Waals surface area contributed by atoms with Gasteiger partial charge in [0.05, 0.1) is 17.5 Å². The minimum atomic E-state index is 0.249. The lowest BCUT2D eigenvalue weighted by Crippen LogP contribution is -2.24. The van der Waals surface area contributed by atoms with Gasteiger partial charge in [-0.2, -0.15) is 0 Å². The first-order valence-electron chi connectivity index (χ1n) is 8.16. The summed E-state index contributed by atoms with van der Waals surface area (Å²) in [5, 5.41) is 0. The number of para-hydroxylation sites is 2. The fourth-order valence-electron chi connectivity index (χ4n) is 3.64. The summed E-state index contributed by atoms with van der Waals surface area (Å²) in [5.74, 6) is 2.25. The summed E-state index contributed by atoms with van der Waals surface area (Å²) in [4.78, 5) is 17.3. The molecule has 0 N–H and O–H groups in total. The first-order chi connectivity index (χ1) is 10.2. The number of fused-ring (bicyclic) bond motifs is 1. The van der Waals surface area contributed by atoms with Gasteiger partial charge in [0, 0.05) is 12.5 Å². The maximum absolute atomic E-state index is 12.6. The third kappa shape index (κ3) is 2.87. The minimum Gasteiger partial charge on any atom is -0.328 e. The Morgan fingerprint density at radius 2 is 2.14 bits per heavy atom. The molecule has 21 heavy (non-hydrogen) atoms. The Morgan fingerprint density at radius 3 is 2.90 bits per heavy atom. The number of benzene rings is 1. The maximum Gasteiger partial charge on any atom is 0.143 e. The lowest BCUT2D eigenvalue weighted by molar-refractivity contribution is -0.123. The van der Waals surface area contributed by atoms with E-state index in [1.807, 2.05) is 18.2 Å². The lowest BCUT2D eigenvalue weighted by atomic mass is 9.79. The number of ketones is 1. The van der Waals surface area contributed by atoms with Crippen LogP contribution in [0.1, 0.15) is 45.4 Å². The predicted octanol–water partition coefficient (Wildman–Crippen LogP) is 3.99. The summed E-state index contributed by atoms with van der Waals surface area (Å²) in [5.41, 5.74) is 2.14. The highest BCUT2D eigenvalue weighted by molar-refractivity contribution is 5.84. The van der Waals surface area contributed by atoms with Crippen LogP contribution in [0.15, 0.2) is 24.3 Å². The number of hydrogen-bond donors (Lipinski definition) is 0. The number of rotatable bonds is 4. The second-order valence-electron chi connectivity index (χ2n) is 6.37. The van der Waals surface area contributed by atoms with Gasteiger partial charge in [-0.1, -0.05) is 31.9 Å². The Morgan fingerprint density at radius 1 is 1.33 bits per heavy atom. The van der Waals surface area contributed by atoms with Crippen LogP contribution in [0.25, 0.3) is 11.0 Å². The number of nitrogens with zero attached hydrogens (tertiary/aromatic N) is 2. The molecule has 2 unspecified atom stereocenters. The molecule has 3 rings (SSSR count). The largest absolute Gasteiger partial charge is 0.328 e. The normalized spacial score (nSPS) is 22.6. The SMILES string of the molecule is CCn1c(CC(=O)C2CCCC(C)C2)nc2ccccc21. The molecule has 0 saturated heterocycles. The molecule has 1 saturated carbocycles. The van der Waals surface area contributed by atoms with Gasteiger partial charge in [-0.05, 0) is 37.8 Å². The van der Waals surface area contributed by atoms with Crippen LogP contribution in [0, 0.1) is 11.8 Å². The van der Waals surface area contributed by atoms with Crippen molar-refractivity contribution in [3.8, 4) is 0 Å². The third-order valence-electron chi connectivity index (χ3n) is 4.77. The zero-order valence-electron chi connectivity index (χ0n) is 13.0. The van der Waals surface area contributed by atoms with E-state index in [2.05, 4.69) is 29.5 Å². The van der Waals surface area contributed by atoms with E-state index in [1.165, 1.54) is 12.8 Å². The molecule has 1 aliphatic carbocycles. The van der Waals surface area contributed by atoms with Gasteiger partial charge in [0.25, 0.3) is 0 Å². The van der Waals surface area contributed by atoms with Gasteiger partial charge in [-0.15, -0.1) is 0 Å². The lowest BCUT2D eigenvalue weighted by Gasteiger charge is -2.25. The molecule has 1 aromatic carbocycles. The van der Waals surface area contributed by atoms with E-state index in [0.29, 0.717) is 18.1 Å².